The second-order valence-corrected chi connectivity index (χ2v) is 4.48. The van der Waals surface area contributed by atoms with Crippen molar-refractivity contribution in [2.75, 3.05) is 37.2 Å². The SMILES string of the molecule is CC[N+](CC)(CC)CCCOC(=O)CI.[I-]. The van der Waals surface area contributed by atoms with Crippen LogP contribution in [0.15, 0.2) is 0 Å². The van der Waals surface area contributed by atoms with E-state index in [1.54, 1.807) is 0 Å². The summed E-state index contributed by atoms with van der Waals surface area (Å²) >= 11 is 2.03. The molecule has 0 amide bonds. The molecule has 0 atom stereocenters. The van der Waals surface area contributed by atoms with Crippen molar-refractivity contribution in [2.24, 2.45) is 0 Å². The minimum Gasteiger partial charge on any atom is -1.00 e. The summed E-state index contributed by atoms with van der Waals surface area (Å²) in [5.74, 6) is -0.0989. The van der Waals surface area contributed by atoms with E-state index in [0.29, 0.717) is 11.0 Å². The topological polar surface area (TPSA) is 26.3 Å². The zero-order chi connectivity index (χ0) is 11.7. The molecule has 0 unspecified atom stereocenters. The van der Waals surface area contributed by atoms with E-state index in [-0.39, 0.29) is 29.9 Å². The summed E-state index contributed by atoms with van der Waals surface area (Å²) in [6, 6.07) is 0. The van der Waals surface area contributed by atoms with E-state index in [4.69, 9.17) is 4.74 Å². The molecule has 0 N–H and O–H groups in total. The summed E-state index contributed by atoms with van der Waals surface area (Å²) < 4.78 is 6.64. The Balaban J connectivity index is 0. The van der Waals surface area contributed by atoms with E-state index >= 15 is 0 Å². The fourth-order valence-corrected chi connectivity index (χ4v) is 1.99. The number of quaternary nitrogens is 1. The quantitative estimate of drug-likeness (QED) is 0.158. The predicted octanol–water partition coefficient (Wildman–Crippen LogP) is -0.765. The van der Waals surface area contributed by atoms with Crippen LogP contribution in [0.25, 0.3) is 0 Å². The average molecular weight is 455 g/mol. The molecule has 0 aromatic heterocycles. The van der Waals surface area contributed by atoms with Gasteiger partial charge in [-0.2, -0.15) is 0 Å². The summed E-state index contributed by atoms with van der Waals surface area (Å²) in [5.41, 5.74) is 0. The summed E-state index contributed by atoms with van der Waals surface area (Å²) in [4.78, 5) is 10.9. The first kappa shape index (κ1) is 19.2. The second kappa shape index (κ2) is 11.0. The molecule has 0 saturated heterocycles. The van der Waals surface area contributed by atoms with Crippen molar-refractivity contribution < 1.29 is 38.0 Å². The zero-order valence-electron chi connectivity index (χ0n) is 10.5. The highest BCUT2D eigenvalue weighted by molar-refractivity contribution is 14.1. The van der Waals surface area contributed by atoms with Gasteiger partial charge in [0, 0.05) is 6.42 Å². The number of nitrogens with zero attached hydrogens (tertiary/aromatic N) is 1. The lowest BCUT2D eigenvalue weighted by Gasteiger charge is -2.35. The summed E-state index contributed by atoms with van der Waals surface area (Å²) in [5, 5.41) is 0. The van der Waals surface area contributed by atoms with Crippen LogP contribution in [0.2, 0.25) is 0 Å². The summed E-state index contributed by atoms with van der Waals surface area (Å²) in [6.07, 6.45) is 0.970. The van der Waals surface area contributed by atoms with Gasteiger partial charge in [0.2, 0.25) is 0 Å². The molecule has 16 heavy (non-hydrogen) atoms. The molecule has 0 aromatic rings. The molecule has 0 aromatic carbocycles. The van der Waals surface area contributed by atoms with Crippen LogP contribution < -0.4 is 24.0 Å². The molecule has 98 valence electrons. The molecular formula is C11H23I2NO2. The molecule has 0 radical (unpaired) electrons. The minimum atomic E-state index is -0.0989. The van der Waals surface area contributed by atoms with Crippen LogP contribution in [-0.2, 0) is 9.53 Å². The number of alkyl halides is 1. The van der Waals surface area contributed by atoms with Crippen LogP contribution in [0.5, 0.6) is 0 Å². The van der Waals surface area contributed by atoms with Gasteiger partial charge in [-0.25, -0.2) is 0 Å². The molecule has 3 nitrogen and oxygen atoms in total. The van der Waals surface area contributed by atoms with Gasteiger partial charge in [0.05, 0.1) is 37.2 Å². The largest absolute Gasteiger partial charge is 1.00 e. The van der Waals surface area contributed by atoms with Crippen molar-refractivity contribution in [3.8, 4) is 0 Å². The Hall–Kier alpha value is 0.890. The van der Waals surface area contributed by atoms with Crippen LogP contribution in [0.1, 0.15) is 27.2 Å². The van der Waals surface area contributed by atoms with Crippen LogP contribution in [0.4, 0.5) is 0 Å². The number of rotatable bonds is 8. The van der Waals surface area contributed by atoms with E-state index < -0.39 is 0 Å². The first-order valence-electron chi connectivity index (χ1n) is 5.70. The van der Waals surface area contributed by atoms with Crippen molar-refractivity contribution in [1.29, 1.82) is 0 Å². The van der Waals surface area contributed by atoms with Crippen LogP contribution in [-0.4, -0.2) is 47.7 Å². The van der Waals surface area contributed by atoms with Crippen LogP contribution >= 0.6 is 22.6 Å². The third kappa shape index (κ3) is 7.26. The van der Waals surface area contributed by atoms with E-state index in [9.17, 15) is 4.79 Å². The molecule has 0 bridgehead atoms. The molecule has 0 aliphatic rings. The number of halogens is 2. The highest BCUT2D eigenvalue weighted by atomic mass is 127. The van der Waals surface area contributed by atoms with Crippen molar-refractivity contribution in [3.63, 3.8) is 0 Å². The van der Waals surface area contributed by atoms with Crippen molar-refractivity contribution in [3.05, 3.63) is 0 Å². The maximum absolute atomic E-state index is 10.9. The first-order valence-corrected chi connectivity index (χ1v) is 7.23. The number of carbonyl (C=O) groups is 1. The Labute approximate surface area is 130 Å². The van der Waals surface area contributed by atoms with Gasteiger partial charge in [0.25, 0.3) is 0 Å². The smallest absolute Gasteiger partial charge is 0.315 e. The van der Waals surface area contributed by atoms with Crippen molar-refractivity contribution >= 4 is 28.6 Å². The summed E-state index contributed by atoms with van der Waals surface area (Å²) in [7, 11) is 0. The van der Waals surface area contributed by atoms with E-state index in [2.05, 4.69) is 20.8 Å². The molecular weight excluding hydrogens is 432 g/mol. The van der Waals surface area contributed by atoms with Crippen molar-refractivity contribution in [1.82, 2.24) is 0 Å². The number of ether oxygens (including phenoxy) is 1. The maximum atomic E-state index is 10.9. The van der Waals surface area contributed by atoms with Gasteiger partial charge in [-0.15, -0.1) is 0 Å². The third-order valence-electron chi connectivity index (χ3n) is 3.16. The molecule has 5 heteroatoms. The Morgan fingerprint density at radius 1 is 1.19 bits per heavy atom. The lowest BCUT2D eigenvalue weighted by Crippen LogP contribution is -3.00. The van der Waals surface area contributed by atoms with Crippen LogP contribution in [0, 0.1) is 0 Å². The van der Waals surface area contributed by atoms with Gasteiger partial charge in [-0.1, -0.05) is 22.6 Å². The third-order valence-corrected chi connectivity index (χ3v) is 3.78. The van der Waals surface area contributed by atoms with Crippen LogP contribution in [0.3, 0.4) is 0 Å². The fraction of sp³-hybridized carbons (Fsp3) is 0.909. The minimum absolute atomic E-state index is 0. The second-order valence-electron chi connectivity index (χ2n) is 3.72. The lowest BCUT2D eigenvalue weighted by atomic mass is 10.3. The number of carbonyl (C=O) groups excluding carboxylic acids is 1. The highest BCUT2D eigenvalue weighted by Gasteiger charge is 2.19. The number of esters is 1. The lowest BCUT2D eigenvalue weighted by molar-refractivity contribution is -0.923. The van der Waals surface area contributed by atoms with E-state index in [0.717, 1.165) is 37.1 Å². The van der Waals surface area contributed by atoms with Gasteiger partial charge in [0.1, 0.15) is 0 Å². The van der Waals surface area contributed by atoms with E-state index in [1.807, 2.05) is 22.6 Å². The molecule has 0 rings (SSSR count). The molecule has 0 aliphatic carbocycles. The standard InChI is InChI=1S/C11H23INO2.HI/c1-4-13(5-2,6-3)8-7-9-15-11(14)10-12;/h4-10H2,1-3H3;1H/q+1;/p-1. The molecule has 0 aliphatic heterocycles. The van der Waals surface area contributed by atoms with Gasteiger partial charge in [-0.3, -0.25) is 4.79 Å². The van der Waals surface area contributed by atoms with Gasteiger partial charge in [-0.05, 0) is 20.8 Å². The molecule has 0 heterocycles. The predicted molar refractivity (Wildman–Crippen MR) is 71.2 cm³/mol. The van der Waals surface area contributed by atoms with E-state index in [1.165, 1.54) is 0 Å². The van der Waals surface area contributed by atoms with Gasteiger partial charge in [0.15, 0.2) is 0 Å². The highest BCUT2D eigenvalue weighted by Crippen LogP contribution is 2.07. The normalized spacial score (nSPS) is 10.8. The molecule has 0 saturated carbocycles. The average Bonchev–Trinajstić information content (AvgIpc) is 2.30. The first-order chi connectivity index (χ1) is 7.14. The Kier molecular flexibility index (Phi) is 13.2. The Morgan fingerprint density at radius 2 is 1.69 bits per heavy atom. The Bertz CT molecular complexity index is 177. The van der Waals surface area contributed by atoms with Gasteiger partial charge >= 0.3 is 5.97 Å². The molecule has 0 fully saturated rings. The zero-order valence-corrected chi connectivity index (χ0v) is 14.8. The van der Waals surface area contributed by atoms with Gasteiger partial charge < -0.3 is 33.2 Å². The molecule has 0 spiro atoms. The summed E-state index contributed by atoms with van der Waals surface area (Å²) in [6.45, 7) is 11.8. The fourth-order valence-electron chi connectivity index (χ4n) is 1.77. The van der Waals surface area contributed by atoms with Crippen molar-refractivity contribution in [2.45, 2.75) is 27.2 Å². The monoisotopic (exact) mass is 455 g/mol. The Morgan fingerprint density at radius 3 is 2.06 bits per heavy atom. The number of hydrogen-bond acceptors (Lipinski definition) is 2. The number of hydrogen-bond donors (Lipinski definition) is 0. The maximum Gasteiger partial charge on any atom is 0.315 e.